The third-order valence-corrected chi connectivity index (χ3v) is 5.59. The van der Waals surface area contributed by atoms with Crippen molar-refractivity contribution in [2.24, 2.45) is 0 Å². The second-order valence-corrected chi connectivity index (χ2v) is 7.34. The lowest BCUT2D eigenvalue weighted by Crippen LogP contribution is -2.35. The minimum Gasteiger partial charge on any atom is -0.496 e. The molecule has 148 valence electrons. The van der Waals surface area contributed by atoms with Crippen LogP contribution in [0, 0.1) is 0 Å². The molecule has 2 aliphatic heterocycles. The summed E-state index contributed by atoms with van der Waals surface area (Å²) in [5.74, 6) is 1.52. The van der Waals surface area contributed by atoms with Gasteiger partial charge in [0.1, 0.15) is 11.3 Å². The first-order valence-electron chi connectivity index (χ1n) is 9.66. The molecule has 1 N–H and O–H groups in total. The maximum atomic E-state index is 11.3. The van der Waals surface area contributed by atoms with Gasteiger partial charge in [-0.2, -0.15) is 0 Å². The number of hydrogen-bond acceptors (Lipinski definition) is 5. The maximum absolute atomic E-state index is 11.3. The van der Waals surface area contributed by atoms with Crippen molar-refractivity contribution in [2.75, 3.05) is 33.5 Å². The second-order valence-electron chi connectivity index (χ2n) is 7.34. The van der Waals surface area contributed by atoms with Gasteiger partial charge in [0.2, 0.25) is 6.79 Å². The summed E-state index contributed by atoms with van der Waals surface area (Å²) in [6, 6.07) is 11.6. The molecule has 1 unspecified atom stereocenters. The molecule has 6 heteroatoms. The van der Waals surface area contributed by atoms with Crippen LogP contribution >= 0.6 is 0 Å². The van der Waals surface area contributed by atoms with Gasteiger partial charge in [-0.15, -0.1) is 0 Å². The number of fused-ring (bicyclic) bond motifs is 1. The highest BCUT2D eigenvalue weighted by Crippen LogP contribution is 2.33. The number of nitrogens with zero attached hydrogens (tertiary/aromatic N) is 1. The Kier molecular flexibility index (Phi) is 5.39. The van der Waals surface area contributed by atoms with Crippen LogP contribution in [0.3, 0.4) is 0 Å². The molecular formula is C22H25NO5. The van der Waals surface area contributed by atoms with E-state index in [2.05, 4.69) is 17.0 Å². The number of carboxylic acid groups (broad SMARTS) is 1. The summed E-state index contributed by atoms with van der Waals surface area (Å²) in [6.45, 7) is 3.35. The van der Waals surface area contributed by atoms with Gasteiger partial charge in [-0.05, 0) is 67.1 Å². The van der Waals surface area contributed by atoms with Crippen molar-refractivity contribution in [2.45, 2.75) is 25.2 Å². The van der Waals surface area contributed by atoms with Crippen LogP contribution < -0.4 is 14.2 Å². The summed E-state index contributed by atoms with van der Waals surface area (Å²) in [7, 11) is 1.52. The van der Waals surface area contributed by atoms with Gasteiger partial charge in [0, 0.05) is 13.1 Å². The van der Waals surface area contributed by atoms with Gasteiger partial charge in [-0.3, -0.25) is 0 Å². The zero-order chi connectivity index (χ0) is 19.5. The summed E-state index contributed by atoms with van der Waals surface area (Å²) in [5.41, 5.74) is 2.61. The first-order chi connectivity index (χ1) is 13.6. The molecule has 0 radical (unpaired) electrons. The van der Waals surface area contributed by atoms with Crippen LogP contribution in [0.15, 0.2) is 36.4 Å². The molecule has 2 aromatic rings. The third kappa shape index (κ3) is 3.92. The normalized spacial score (nSPS) is 18.8. The van der Waals surface area contributed by atoms with E-state index in [1.165, 1.54) is 12.7 Å². The van der Waals surface area contributed by atoms with Gasteiger partial charge in [0.15, 0.2) is 11.5 Å². The van der Waals surface area contributed by atoms with Gasteiger partial charge >= 0.3 is 5.97 Å². The zero-order valence-electron chi connectivity index (χ0n) is 16.0. The number of aromatic carboxylic acids is 1. The Morgan fingerprint density at radius 2 is 2.07 bits per heavy atom. The molecular weight excluding hydrogens is 358 g/mol. The molecule has 28 heavy (non-hydrogen) atoms. The van der Waals surface area contributed by atoms with Crippen molar-refractivity contribution >= 4 is 5.97 Å². The van der Waals surface area contributed by atoms with Crippen LogP contribution in [0.25, 0.3) is 0 Å². The minimum absolute atomic E-state index is 0.210. The molecule has 0 spiro atoms. The number of carboxylic acids is 1. The van der Waals surface area contributed by atoms with Crippen molar-refractivity contribution < 1.29 is 24.1 Å². The number of methoxy groups -OCH3 is 1. The van der Waals surface area contributed by atoms with E-state index in [1.54, 1.807) is 6.07 Å². The SMILES string of the molecule is COc1cc(C2CCCN(CCc3ccc4c(c3)OCO4)C2)ccc1C(=O)O. The van der Waals surface area contributed by atoms with E-state index in [4.69, 9.17) is 14.2 Å². The van der Waals surface area contributed by atoms with Gasteiger partial charge < -0.3 is 24.2 Å². The highest BCUT2D eigenvalue weighted by atomic mass is 16.7. The largest absolute Gasteiger partial charge is 0.496 e. The fourth-order valence-electron chi connectivity index (χ4n) is 4.05. The number of piperidine rings is 1. The number of hydrogen-bond donors (Lipinski definition) is 1. The zero-order valence-corrected chi connectivity index (χ0v) is 16.0. The lowest BCUT2D eigenvalue weighted by molar-refractivity contribution is 0.0693. The Balaban J connectivity index is 1.40. The van der Waals surface area contributed by atoms with Gasteiger partial charge in [0.25, 0.3) is 0 Å². The summed E-state index contributed by atoms with van der Waals surface area (Å²) in [6.07, 6.45) is 3.20. The van der Waals surface area contributed by atoms with Gasteiger partial charge in [-0.1, -0.05) is 12.1 Å². The lowest BCUT2D eigenvalue weighted by atomic mass is 9.89. The Morgan fingerprint density at radius 1 is 1.21 bits per heavy atom. The molecule has 1 atom stereocenters. The number of ether oxygens (including phenoxy) is 3. The fourth-order valence-corrected chi connectivity index (χ4v) is 4.05. The smallest absolute Gasteiger partial charge is 0.339 e. The van der Waals surface area contributed by atoms with Gasteiger partial charge in [0.05, 0.1) is 7.11 Å². The lowest BCUT2D eigenvalue weighted by Gasteiger charge is -2.33. The van der Waals surface area contributed by atoms with Crippen molar-refractivity contribution in [1.29, 1.82) is 0 Å². The average molecular weight is 383 g/mol. The molecule has 0 aliphatic carbocycles. The fraction of sp³-hybridized carbons (Fsp3) is 0.409. The van der Waals surface area contributed by atoms with E-state index >= 15 is 0 Å². The van der Waals surface area contributed by atoms with E-state index in [0.717, 1.165) is 56.0 Å². The predicted molar refractivity (Wildman–Crippen MR) is 105 cm³/mol. The quantitative estimate of drug-likeness (QED) is 0.823. The first-order valence-corrected chi connectivity index (χ1v) is 9.66. The highest BCUT2D eigenvalue weighted by molar-refractivity contribution is 5.91. The summed E-state index contributed by atoms with van der Waals surface area (Å²) >= 11 is 0. The predicted octanol–water partition coefficient (Wildman–Crippen LogP) is 3.54. The Morgan fingerprint density at radius 3 is 2.89 bits per heavy atom. The summed E-state index contributed by atoms with van der Waals surface area (Å²) in [5, 5.41) is 9.27. The maximum Gasteiger partial charge on any atom is 0.339 e. The van der Waals surface area contributed by atoms with Crippen molar-refractivity contribution in [1.82, 2.24) is 4.90 Å². The Labute approximate surface area is 164 Å². The highest BCUT2D eigenvalue weighted by Gasteiger charge is 2.23. The molecule has 0 bridgehead atoms. The molecule has 2 heterocycles. The number of carbonyl (C=O) groups is 1. The molecule has 2 aliphatic rings. The van der Waals surface area contributed by atoms with E-state index in [-0.39, 0.29) is 5.56 Å². The van der Waals surface area contributed by atoms with Gasteiger partial charge in [-0.25, -0.2) is 4.79 Å². The molecule has 0 saturated carbocycles. The number of benzene rings is 2. The monoisotopic (exact) mass is 383 g/mol. The topological polar surface area (TPSA) is 68.2 Å². The minimum atomic E-state index is -0.961. The van der Waals surface area contributed by atoms with Crippen LogP contribution in [0.4, 0.5) is 0 Å². The first kappa shape index (κ1) is 18.6. The van der Waals surface area contributed by atoms with E-state index in [1.807, 2.05) is 18.2 Å². The average Bonchev–Trinajstić information content (AvgIpc) is 3.19. The summed E-state index contributed by atoms with van der Waals surface area (Å²) in [4.78, 5) is 13.8. The summed E-state index contributed by atoms with van der Waals surface area (Å²) < 4.78 is 16.1. The molecule has 0 aromatic heterocycles. The van der Waals surface area contributed by atoms with Crippen LogP contribution in [0.2, 0.25) is 0 Å². The third-order valence-electron chi connectivity index (χ3n) is 5.59. The Hall–Kier alpha value is -2.73. The molecule has 2 aromatic carbocycles. The van der Waals surface area contributed by atoms with Crippen molar-refractivity contribution in [3.8, 4) is 17.2 Å². The molecule has 1 saturated heterocycles. The van der Waals surface area contributed by atoms with Crippen LogP contribution in [-0.4, -0.2) is 49.5 Å². The van der Waals surface area contributed by atoms with Crippen molar-refractivity contribution in [3.05, 3.63) is 53.1 Å². The number of likely N-dealkylation sites (tertiary alicyclic amines) is 1. The van der Waals surface area contributed by atoms with Crippen LogP contribution in [0.1, 0.15) is 40.2 Å². The standard InChI is InChI=1S/C22H25NO5/c1-26-20-12-16(5-6-18(20)22(24)25)17-3-2-9-23(13-17)10-8-15-4-7-19-21(11-15)28-14-27-19/h4-7,11-12,17H,2-3,8-10,13-14H2,1H3,(H,24,25). The molecule has 0 amide bonds. The molecule has 1 fully saturated rings. The number of rotatable bonds is 6. The van der Waals surface area contributed by atoms with Crippen molar-refractivity contribution in [3.63, 3.8) is 0 Å². The molecule has 4 rings (SSSR count). The molecule has 6 nitrogen and oxygen atoms in total. The van der Waals surface area contributed by atoms with Crippen LogP contribution in [-0.2, 0) is 6.42 Å². The second kappa shape index (κ2) is 8.10. The van der Waals surface area contributed by atoms with E-state index in [0.29, 0.717) is 18.5 Å². The van der Waals surface area contributed by atoms with E-state index < -0.39 is 5.97 Å². The van der Waals surface area contributed by atoms with E-state index in [9.17, 15) is 9.90 Å². The Bertz CT molecular complexity index is 866. The van der Waals surface area contributed by atoms with Crippen LogP contribution in [0.5, 0.6) is 17.2 Å².